The zero-order chi connectivity index (χ0) is 24.9. The van der Waals surface area contributed by atoms with Crippen LogP contribution >= 0.6 is 0 Å². The Hall–Kier alpha value is -2.95. The Kier molecular flexibility index (Phi) is 8.29. The summed E-state index contributed by atoms with van der Waals surface area (Å²) in [5.74, 6) is -0.566. The van der Waals surface area contributed by atoms with E-state index in [1.807, 2.05) is 13.8 Å². The smallest absolute Gasteiger partial charge is 0.261 e. The molecule has 184 valence electrons. The van der Waals surface area contributed by atoms with Crippen molar-refractivity contribution in [3.05, 3.63) is 48.5 Å². The molecule has 0 bridgehead atoms. The van der Waals surface area contributed by atoms with Crippen molar-refractivity contribution in [2.45, 2.75) is 56.5 Å². The van der Waals surface area contributed by atoms with Crippen LogP contribution in [-0.2, 0) is 19.6 Å². The van der Waals surface area contributed by atoms with Crippen molar-refractivity contribution >= 4 is 21.8 Å². The van der Waals surface area contributed by atoms with Crippen molar-refractivity contribution in [2.24, 2.45) is 5.92 Å². The van der Waals surface area contributed by atoms with Crippen molar-refractivity contribution in [1.82, 2.24) is 15.1 Å². The van der Waals surface area contributed by atoms with Crippen molar-refractivity contribution in [3.8, 4) is 16.9 Å². The van der Waals surface area contributed by atoms with E-state index in [9.17, 15) is 28.3 Å². The summed E-state index contributed by atoms with van der Waals surface area (Å²) in [4.78, 5) is 24.8. The van der Waals surface area contributed by atoms with Crippen molar-refractivity contribution in [3.63, 3.8) is 0 Å². The molecule has 9 nitrogen and oxygen atoms in total. The maximum Gasteiger partial charge on any atom is 0.261 e. The fourth-order valence-corrected chi connectivity index (χ4v) is 5.92. The van der Waals surface area contributed by atoms with Gasteiger partial charge >= 0.3 is 0 Å². The molecule has 1 fully saturated rings. The van der Waals surface area contributed by atoms with E-state index < -0.39 is 22.0 Å². The Bertz CT molecular complexity index is 1120. The van der Waals surface area contributed by atoms with E-state index in [1.165, 1.54) is 18.2 Å². The van der Waals surface area contributed by atoms with Gasteiger partial charge in [0.15, 0.2) is 0 Å². The fraction of sp³-hybridized carbons (Fsp3) is 0.417. The van der Waals surface area contributed by atoms with Gasteiger partial charge in [0.2, 0.25) is 15.9 Å². The Morgan fingerprint density at radius 3 is 2.44 bits per heavy atom. The number of nitrogens with one attached hydrogen (secondary N) is 2. The van der Waals surface area contributed by atoms with Gasteiger partial charge in [-0.15, -0.1) is 0 Å². The highest BCUT2D eigenvalue weighted by Crippen LogP contribution is 2.33. The number of hydrogen-bond donors (Lipinski definition) is 4. The summed E-state index contributed by atoms with van der Waals surface area (Å²) < 4.78 is 28.5. The molecular weight excluding hydrogens is 458 g/mol. The van der Waals surface area contributed by atoms with Crippen LogP contribution in [0.3, 0.4) is 0 Å². The van der Waals surface area contributed by atoms with Crippen LogP contribution in [0.2, 0.25) is 0 Å². The molecule has 0 aliphatic carbocycles. The van der Waals surface area contributed by atoms with Gasteiger partial charge in [0.25, 0.3) is 5.91 Å². The summed E-state index contributed by atoms with van der Waals surface area (Å²) in [5.41, 5.74) is 2.59. The van der Waals surface area contributed by atoms with Gasteiger partial charge in [0.05, 0.1) is 4.90 Å². The van der Waals surface area contributed by atoms with Crippen LogP contribution in [-0.4, -0.2) is 53.5 Å². The van der Waals surface area contributed by atoms with Crippen LogP contribution in [0, 0.1) is 5.92 Å². The normalized spacial score (nSPS) is 19.1. The Morgan fingerprint density at radius 1 is 1.12 bits per heavy atom. The maximum atomic E-state index is 13.7. The number of phenols is 1. The predicted molar refractivity (Wildman–Crippen MR) is 126 cm³/mol. The van der Waals surface area contributed by atoms with Crippen LogP contribution < -0.4 is 10.8 Å². The fourth-order valence-electron chi connectivity index (χ4n) is 4.09. The molecule has 2 aromatic rings. The van der Waals surface area contributed by atoms with Crippen LogP contribution in [0.15, 0.2) is 53.4 Å². The van der Waals surface area contributed by atoms with E-state index >= 15 is 0 Å². The number of phenolic OH excluding ortho intramolecular Hbond substituents is 1. The van der Waals surface area contributed by atoms with Crippen LogP contribution in [0.1, 0.15) is 39.5 Å². The summed E-state index contributed by atoms with van der Waals surface area (Å²) in [5, 5.41) is 21.8. The summed E-state index contributed by atoms with van der Waals surface area (Å²) >= 11 is 0. The Balaban J connectivity index is 1.87. The first-order chi connectivity index (χ1) is 16.1. The van der Waals surface area contributed by atoms with Crippen LogP contribution in [0.5, 0.6) is 5.75 Å². The van der Waals surface area contributed by atoms with Crippen molar-refractivity contribution in [1.29, 1.82) is 0 Å². The molecule has 2 atom stereocenters. The highest BCUT2D eigenvalue weighted by Gasteiger charge is 2.41. The third-order valence-corrected chi connectivity index (χ3v) is 7.90. The first kappa shape index (κ1) is 25.7. The molecule has 2 amide bonds. The van der Waals surface area contributed by atoms with Crippen LogP contribution in [0.4, 0.5) is 0 Å². The Morgan fingerprint density at radius 2 is 1.79 bits per heavy atom. The predicted octanol–water partition coefficient (Wildman–Crippen LogP) is 2.64. The molecule has 0 saturated carbocycles. The number of sulfonamides is 1. The van der Waals surface area contributed by atoms with Gasteiger partial charge in [-0.25, -0.2) is 13.9 Å². The lowest BCUT2D eigenvalue weighted by Gasteiger charge is -2.37. The average molecular weight is 490 g/mol. The molecule has 2 aromatic carbocycles. The Labute approximate surface area is 199 Å². The number of piperidine rings is 1. The second kappa shape index (κ2) is 11.0. The minimum atomic E-state index is -4.14. The van der Waals surface area contributed by atoms with Gasteiger partial charge in [-0.2, -0.15) is 4.31 Å². The van der Waals surface area contributed by atoms with Gasteiger partial charge in [0.1, 0.15) is 11.8 Å². The van der Waals surface area contributed by atoms with E-state index in [4.69, 9.17) is 0 Å². The van der Waals surface area contributed by atoms with Gasteiger partial charge in [0, 0.05) is 24.6 Å². The molecule has 0 spiro atoms. The highest BCUT2D eigenvalue weighted by molar-refractivity contribution is 7.89. The number of rotatable bonds is 8. The molecule has 4 N–H and O–H groups in total. The average Bonchev–Trinajstić information content (AvgIpc) is 2.82. The van der Waals surface area contributed by atoms with Crippen LogP contribution in [0.25, 0.3) is 11.1 Å². The summed E-state index contributed by atoms with van der Waals surface area (Å²) in [6.07, 6.45) is 1.46. The van der Waals surface area contributed by atoms with E-state index in [-0.39, 0.29) is 35.6 Å². The van der Waals surface area contributed by atoms with E-state index in [1.54, 1.807) is 35.8 Å². The molecule has 10 heteroatoms. The zero-order valence-electron chi connectivity index (χ0n) is 19.3. The van der Waals surface area contributed by atoms with Gasteiger partial charge in [-0.05, 0) is 48.9 Å². The number of aromatic hydroxyl groups is 1. The molecule has 3 rings (SSSR count). The number of benzene rings is 2. The van der Waals surface area contributed by atoms with Gasteiger partial charge < -0.3 is 10.4 Å². The monoisotopic (exact) mass is 489 g/mol. The minimum Gasteiger partial charge on any atom is -0.508 e. The number of carbonyl (C=O) groups excluding carboxylic acids is 2. The molecule has 0 unspecified atom stereocenters. The minimum absolute atomic E-state index is 0.000536. The lowest BCUT2D eigenvalue weighted by Crippen LogP contribution is -2.57. The third kappa shape index (κ3) is 5.94. The number of hydrogen-bond acceptors (Lipinski definition) is 6. The molecule has 0 radical (unpaired) electrons. The molecule has 1 saturated heterocycles. The number of amides is 2. The van der Waals surface area contributed by atoms with E-state index in [0.717, 1.165) is 10.7 Å². The summed E-state index contributed by atoms with van der Waals surface area (Å²) in [6, 6.07) is 11.0. The molecule has 1 aliphatic heterocycles. The molecule has 34 heavy (non-hydrogen) atoms. The lowest BCUT2D eigenvalue weighted by atomic mass is 9.98. The van der Waals surface area contributed by atoms with Crippen molar-refractivity contribution < 1.29 is 28.3 Å². The van der Waals surface area contributed by atoms with E-state index in [0.29, 0.717) is 29.9 Å². The molecule has 0 aromatic heterocycles. The van der Waals surface area contributed by atoms with Crippen molar-refractivity contribution in [2.75, 3.05) is 6.54 Å². The topological polar surface area (TPSA) is 136 Å². The molecular formula is C24H31N3O6S. The largest absolute Gasteiger partial charge is 0.508 e. The second-order valence-electron chi connectivity index (χ2n) is 8.87. The van der Waals surface area contributed by atoms with Gasteiger partial charge in [-0.3, -0.25) is 14.8 Å². The van der Waals surface area contributed by atoms with E-state index in [2.05, 4.69) is 5.32 Å². The zero-order valence-corrected chi connectivity index (χ0v) is 20.1. The summed E-state index contributed by atoms with van der Waals surface area (Å²) in [7, 11) is -4.14. The third-order valence-electron chi connectivity index (χ3n) is 5.93. The number of nitrogens with zero attached hydrogens (tertiary/aromatic N) is 1. The standard InChI is InChI=1S/C24H31N3O6S/c1-16(2)7-12-23(29)25-18-13-14-27(21(15-18)24(30)26-31)34(32,33)22-6-4-3-5-20(22)17-8-10-19(28)11-9-17/h3-6,8-11,16,18,21,28,31H,7,12-15H2,1-2H3,(H,25,29)(H,26,30)/t18-,21-/m1/s1. The SMILES string of the molecule is CC(C)CCC(=O)N[C@@H]1CCN(S(=O)(=O)c2ccccc2-c2ccc(O)cc2)[C@@H](C(=O)NO)C1. The maximum absolute atomic E-state index is 13.7. The second-order valence-corrected chi connectivity index (χ2v) is 10.7. The number of carbonyl (C=O) groups is 2. The highest BCUT2D eigenvalue weighted by atomic mass is 32.2. The first-order valence-electron chi connectivity index (χ1n) is 11.3. The first-order valence-corrected chi connectivity index (χ1v) is 12.7. The molecule has 1 aliphatic rings. The molecule has 1 heterocycles. The lowest BCUT2D eigenvalue weighted by molar-refractivity contribution is -0.135. The quantitative estimate of drug-likeness (QED) is 0.332. The van der Waals surface area contributed by atoms with Gasteiger partial charge in [-0.1, -0.05) is 44.2 Å². The summed E-state index contributed by atoms with van der Waals surface area (Å²) in [6.45, 7) is 4.04. The number of hydroxylamine groups is 1.